The predicted octanol–water partition coefficient (Wildman–Crippen LogP) is 2.97. The summed E-state index contributed by atoms with van der Waals surface area (Å²) in [7, 11) is 1.28. The molecule has 17 heavy (non-hydrogen) atoms. The quantitative estimate of drug-likeness (QED) is 0.634. The average molecular weight is 310 g/mol. The lowest BCUT2D eigenvalue weighted by Gasteiger charge is -2.11. The third kappa shape index (κ3) is 3.12. The maximum absolute atomic E-state index is 12.5. The highest BCUT2D eigenvalue weighted by molar-refractivity contribution is 9.10. The van der Waals surface area contributed by atoms with Crippen molar-refractivity contribution in [2.24, 2.45) is 0 Å². The molecule has 0 N–H and O–H groups in total. The van der Waals surface area contributed by atoms with Crippen LogP contribution < -0.4 is 4.74 Å². The van der Waals surface area contributed by atoms with E-state index in [1.165, 1.54) is 7.11 Å². The number of ether oxygens (including phenoxy) is 2. The van der Waals surface area contributed by atoms with E-state index < -0.39 is 18.1 Å². The number of alkyl halides is 2. The van der Waals surface area contributed by atoms with E-state index in [2.05, 4.69) is 20.9 Å². The Kier molecular flexibility index (Phi) is 4.80. The van der Waals surface area contributed by atoms with Crippen molar-refractivity contribution in [1.29, 1.82) is 0 Å². The van der Waals surface area contributed by atoms with Crippen LogP contribution >= 0.6 is 15.9 Å². The van der Waals surface area contributed by atoms with Crippen LogP contribution in [-0.4, -0.2) is 24.7 Å². The SMILES string of the molecule is CCOC(=O)c1c(OC)cc(C(F)F)nc1Br. The minimum atomic E-state index is -2.74. The fourth-order valence-electron chi connectivity index (χ4n) is 1.17. The molecule has 0 spiro atoms. The van der Waals surface area contributed by atoms with Crippen molar-refractivity contribution in [3.63, 3.8) is 0 Å². The van der Waals surface area contributed by atoms with Gasteiger partial charge in [0.15, 0.2) is 0 Å². The summed E-state index contributed by atoms with van der Waals surface area (Å²) in [6, 6.07) is 1.02. The van der Waals surface area contributed by atoms with E-state index in [4.69, 9.17) is 9.47 Å². The normalized spacial score (nSPS) is 10.5. The molecule has 0 aliphatic carbocycles. The number of pyridine rings is 1. The smallest absolute Gasteiger partial charge is 0.344 e. The molecule has 1 aromatic rings. The van der Waals surface area contributed by atoms with Crippen molar-refractivity contribution in [2.75, 3.05) is 13.7 Å². The Balaban J connectivity index is 3.25. The second-order valence-corrected chi connectivity index (χ2v) is 3.69. The molecule has 0 atom stereocenters. The molecule has 1 heterocycles. The van der Waals surface area contributed by atoms with E-state index in [1.807, 2.05) is 0 Å². The van der Waals surface area contributed by atoms with Crippen LogP contribution in [0, 0.1) is 0 Å². The number of esters is 1. The van der Waals surface area contributed by atoms with E-state index in [-0.39, 0.29) is 22.5 Å². The first kappa shape index (κ1) is 13.8. The number of methoxy groups -OCH3 is 1. The second-order valence-electron chi connectivity index (χ2n) is 2.94. The molecular weight excluding hydrogens is 300 g/mol. The Morgan fingerprint density at radius 1 is 1.59 bits per heavy atom. The second kappa shape index (κ2) is 5.90. The molecule has 0 amide bonds. The predicted molar refractivity (Wildman–Crippen MR) is 59.4 cm³/mol. The van der Waals surface area contributed by atoms with E-state index in [1.54, 1.807) is 6.92 Å². The molecular formula is C10H10BrF2NO3. The van der Waals surface area contributed by atoms with Crippen molar-refractivity contribution in [3.8, 4) is 5.75 Å². The molecule has 0 aliphatic heterocycles. The Morgan fingerprint density at radius 2 is 2.24 bits per heavy atom. The van der Waals surface area contributed by atoms with Crippen LogP contribution in [0.4, 0.5) is 8.78 Å². The van der Waals surface area contributed by atoms with Gasteiger partial charge in [-0.3, -0.25) is 0 Å². The van der Waals surface area contributed by atoms with Gasteiger partial charge in [-0.15, -0.1) is 0 Å². The van der Waals surface area contributed by atoms with Crippen LogP contribution in [0.15, 0.2) is 10.7 Å². The lowest BCUT2D eigenvalue weighted by Crippen LogP contribution is -2.10. The van der Waals surface area contributed by atoms with E-state index in [9.17, 15) is 13.6 Å². The molecule has 1 rings (SSSR count). The number of aromatic nitrogens is 1. The topological polar surface area (TPSA) is 48.4 Å². The molecule has 0 saturated carbocycles. The molecule has 0 saturated heterocycles. The lowest BCUT2D eigenvalue weighted by atomic mass is 10.2. The molecule has 4 nitrogen and oxygen atoms in total. The number of carbonyl (C=O) groups excluding carboxylic acids is 1. The summed E-state index contributed by atoms with van der Waals surface area (Å²) < 4.78 is 34.6. The van der Waals surface area contributed by atoms with Crippen molar-refractivity contribution in [3.05, 3.63) is 21.9 Å². The molecule has 0 aromatic carbocycles. The zero-order chi connectivity index (χ0) is 13.0. The van der Waals surface area contributed by atoms with Crippen molar-refractivity contribution < 1.29 is 23.0 Å². The summed E-state index contributed by atoms with van der Waals surface area (Å²) in [6.45, 7) is 1.81. The van der Waals surface area contributed by atoms with Crippen molar-refractivity contribution in [1.82, 2.24) is 4.98 Å². The van der Waals surface area contributed by atoms with Gasteiger partial charge in [0.1, 0.15) is 21.6 Å². The Hall–Kier alpha value is -1.24. The number of nitrogens with zero attached hydrogens (tertiary/aromatic N) is 1. The molecule has 0 aliphatic rings. The third-order valence-corrected chi connectivity index (χ3v) is 2.46. The molecule has 0 radical (unpaired) electrons. The number of carbonyl (C=O) groups is 1. The van der Waals surface area contributed by atoms with Crippen LogP contribution in [0.2, 0.25) is 0 Å². The fraction of sp³-hybridized carbons (Fsp3) is 0.400. The van der Waals surface area contributed by atoms with Gasteiger partial charge in [0, 0.05) is 6.07 Å². The Labute approximate surface area is 105 Å². The molecule has 7 heteroatoms. The highest BCUT2D eigenvalue weighted by Gasteiger charge is 2.22. The lowest BCUT2D eigenvalue weighted by molar-refractivity contribution is 0.0520. The summed E-state index contributed by atoms with van der Waals surface area (Å²) >= 11 is 2.95. The van der Waals surface area contributed by atoms with Crippen molar-refractivity contribution >= 4 is 21.9 Å². The minimum absolute atomic E-state index is 0.000579. The van der Waals surface area contributed by atoms with Crippen LogP contribution in [-0.2, 0) is 4.74 Å². The first-order valence-corrected chi connectivity index (χ1v) is 5.50. The van der Waals surface area contributed by atoms with Gasteiger partial charge >= 0.3 is 5.97 Å². The van der Waals surface area contributed by atoms with Crippen LogP contribution in [0.1, 0.15) is 29.4 Å². The summed E-state index contributed by atoms with van der Waals surface area (Å²) in [6.07, 6.45) is -2.74. The van der Waals surface area contributed by atoms with Crippen molar-refractivity contribution in [2.45, 2.75) is 13.3 Å². The molecule has 0 fully saturated rings. The summed E-state index contributed by atoms with van der Waals surface area (Å²) in [5, 5.41) is 0. The first-order chi connectivity index (χ1) is 8.01. The molecule has 94 valence electrons. The molecule has 0 bridgehead atoms. The number of hydrogen-bond donors (Lipinski definition) is 0. The average Bonchev–Trinajstić information content (AvgIpc) is 2.27. The summed E-state index contributed by atoms with van der Waals surface area (Å²) in [5.74, 6) is -0.676. The van der Waals surface area contributed by atoms with Gasteiger partial charge in [0.05, 0.1) is 13.7 Å². The van der Waals surface area contributed by atoms with Crippen LogP contribution in [0.3, 0.4) is 0 Å². The van der Waals surface area contributed by atoms with E-state index >= 15 is 0 Å². The fourth-order valence-corrected chi connectivity index (χ4v) is 1.73. The minimum Gasteiger partial charge on any atom is -0.496 e. The molecule has 0 unspecified atom stereocenters. The largest absolute Gasteiger partial charge is 0.496 e. The van der Waals surface area contributed by atoms with E-state index in [0.717, 1.165) is 6.07 Å². The number of halogens is 3. The van der Waals surface area contributed by atoms with Gasteiger partial charge < -0.3 is 9.47 Å². The highest BCUT2D eigenvalue weighted by Crippen LogP contribution is 2.30. The van der Waals surface area contributed by atoms with Gasteiger partial charge in [-0.25, -0.2) is 18.6 Å². The zero-order valence-corrected chi connectivity index (χ0v) is 10.8. The highest BCUT2D eigenvalue weighted by atomic mass is 79.9. The maximum atomic E-state index is 12.5. The number of rotatable bonds is 4. The van der Waals surface area contributed by atoms with Gasteiger partial charge in [-0.1, -0.05) is 0 Å². The van der Waals surface area contributed by atoms with Gasteiger partial charge in [0.25, 0.3) is 6.43 Å². The molecule has 1 aromatic heterocycles. The summed E-state index contributed by atoms with van der Waals surface area (Å²) in [4.78, 5) is 15.1. The Morgan fingerprint density at radius 3 is 2.71 bits per heavy atom. The Bertz CT molecular complexity index is 426. The monoisotopic (exact) mass is 309 g/mol. The van der Waals surface area contributed by atoms with Gasteiger partial charge in [-0.2, -0.15) is 0 Å². The maximum Gasteiger partial charge on any atom is 0.344 e. The summed E-state index contributed by atoms with van der Waals surface area (Å²) in [5.41, 5.74) is -0.472. The number of hydrogen-bond acceptors (Lipinski definition) is 4. The standard InChI is InChI=1S/C10H10BrF2NO3/c1-3-17-10(15)7-6(16-2)4-5(9(12)13)14-8(7)11/h4,9H,3H2,1-2H3. The van der Waals surface area contributed by atoms with Gasteiger partial charge in [0.2, 0.25) is 0 Å². The van der Waals surface area contributed by atoms with Crippen LogP contribution in [0.25, 0.3) is 0 Å². The van der Waals surface area contributed by atoms with Gasteiger partial charge in [-0.05, 0) is 22.9 Å². The first-order valence-electron chi connectivity index (χ1n) is 4.71. The third-order valence-electron chi connectivity index (χ3n) is 1.88. The zero-order valence-electron chi connectivity index (χ0n) is 9.17. The van der Waals surface area contributed by atoms with E-state index in [0.29, 0.717) is 0 Å². The van der Waals surface area contributed by atoms with Crippen LogP contribution in [0.5, 0.6) is 5.75 Å².